The molecule has 1 fully saturated rings. The van der Waals surface area contributed by atoms with Crippen LogP contribution in [0.2, 0.25) is 0 Å². The highest BCUT2D eigenvalue weighted by Gasteiger charge is 2.25. The van der Waals surface area contributed by atoms with Crippen LogP contribution in [0.15, 0.2) is 0 Å². The van der Waals surface area contributed by atoms with Gasteiger partial charge < -0.3 is 4.90 Å². The second kappa shape index (κ2) is 6.57. The molecule has 4 heteroatoms. The van der Waals surface area contributed by atoms with E-state index in [1.165, 1.54) is 25.9 Å². The minimum Gasteiger partial charge on any atom is -0.303 e. The summed E-state index contributed by atoms with van der Waals surface area (Å²) in [4.78, 5) is 20.0. The first kappa shape index (κ1) is 16.6. The lowest BCUT2D eigenvalue weighted by atomic mass is 9.91. The molecular formula is C17H28N2OS. The molecule has 118 valence electrons. The Labute approximate surface area is 132 Å². The highest BCUT2D eigenvalue weighted by atomic mass is 32.1. The van der Waals surface area contributed by atoms with Gasteiger partial charge >= 0.3 is 0 Å². The molecule has 0 aliphatic carbocycles. The average Bonchev–Trinajstić information content (AvgIpc) is 2.82. The van der Waals surface area contributed by atoms with Crippen LogP contribution in [0, 0.1) is 5.92 Å². The molecule has 2 heterocycles. The Kier molecular flexibility index (Phi) is 5.20. The Bertz CT molecular complexity index is 493. The first-order valence-corrected chi connectivity index (χ1v) is 8.82. The number of Topliss-reactive ketones (excluding diaryl/α,β-unsaturated/α-hetero) is 1. The molecule has 0 bridgehead atoms. The summed E-state index contributed by atoms with van der Waals surface area (Å²) in [6.45, 7) is 13.9. The molecule has 1 aromatic heterocycles. The van der Waals surface area contributed by atoms with Crippen LogP contribution in [0.4, 0.5) is 0 Å². The lowest BCUT2D eigenvalue weighted by molar-refractivity contribution is 0.101. The van der Waals surface area contributed by atoms with E-state index in [9.17, 15) is 4.79 Å². The summed E-state index contributed by atoms with van der Waals surface area (Å²) in [6.07, 6.45) is 3.59. The average molecular weight is 308 g/mol. The lowest BCUT2D eigenvalue weighted by Crippen LogP contribution is -2.34. The Morgan fingerprint density at radius 3 is 2.43 bits per heavy atom. The van der Waals surface area contributed by atoms with Crippen LogP contribution >= 0.6 is 11.3 Å². The topological polar surface area (TPSA) is 33.2 Å². The number of nitrogens with zero attached hydrogens (tertiary/aromatic N) is 2. The molecule has 0 amide bonds. The predicted molar refractivity (Wildman–Crippen MR) is 89.4 cm³/mol. The summed E-state index contributed by atoms with van der Waals surface area (Å²) in [5, 5.41) is 1.11. The van der Waals surface area contributed by atoms with Crippen LogP contribution in [0.5, 0.6) is 0 Å². The lowest BCUT2D eigenvalue weighted by Gasteiger charge is -2.29. The van der Waals surface area contributed by atoms with Crippen molar-refractivity contribution in [1.82, 2.24) is 9.88 Å². The number of ketones is 1. The van der Waals surface area contributed by atoms with Crippen molar-refractivity contribution in [1.29, 1.82) is 0 Å². The van der Waals surface area contributed by atoms with Gasteiger partial charge in [-0.25, -0.2) is 4.98 Å². The molecule has 21 heavy (non-hydrogen) atoms. The predicted octanol–water partition coefficient (Wildman–Crippen LogP) is 3.92. The van der Waals surface area contributed by atoms with E-state index in [0.717, 1.165) is 34.5 Å². The number of hydrogen-bond donors (Lipinski definition) is 0. The summed E-state index contributed by atoms with van der Waals surface area (Å²) < 4.78 is 0. The zero-order chi connectivity index (χ0) is 15.6. The molecule has 1 aliphatic heterocycles. The molecule has 1 saturated heterocycles. The maximum Gasteiger partial charge on any atom is 0.171 e. The number of hydrogen-bond acceptors (Lipinski definition) is 4. The van der Waals surface area contributed by atoms with E-state index in [1.807, 2.05) is 0 Å². The maximum absolute atomic E-state index is 11.8. The molecule has 0 spiro atoms. The zero-order valence-electron chi connectivity index (χ0n) is 14.0. The molecule has 2 rings (SSSR count). The molecule has 3 nitrogen and oxygen atoms in total. The number of piperidine rings is 1. The zero-order valence-corrected chi connectivity index (χ0v) is 14.8. The quantitative estimate of drug-likeness (QED) is 0.791. The monoisotopic (exact) mass is 308 g/mol. The smallest absolute Gasteiger partial charge is 0.171 e. The second-order valence-electron chi connectivity index (χ2n) is 7.37. The van der Waals surface area contributed by atoms with Gasteiger partial charge in [0.2, 0.25) is 0 Å². The summed E-state index contributed by atoms with van der Waals surface area (Å²) in [5.74, 6) is 1.02. The van der Waals surface area contributed by atoms with Gasteiger partial charge in [0.25, 0.3) is 0 Å². The van der Waals surface area contributed by atoms with Crippen molar-refractivity contribution in [2.45, 2.75) is 59.3 Å². The van der Waals surface area contributed by atoms with Crippen LogP contribution in [0.3, 0.4) is 0 Å². The minimum atomic E-state index is -0.0592. The van der Waals surface area contributed by atoms with Crippen LogP contribution in [0.25, 0.3) is 0 Å². The van der Waals surface area contributed by atoms with Gasteiger partial charge in [-0.05, 0) is 31.8 Å². The molecule has 0 unspecified atom stereocenters. The maximum atomic E-state index is 11.8. The Morgan fingerprint density at radius 2 is 1.95 bits per heavy atom. The third-order valence-corrected chi connectivity index (χ3v) is 5.44. The Morgan fingerprint density at radius 1 is 1.33 bits per heavy atom. The Hall–Kier alpha value is -0.740. The van der Waals surface area contributed by atoms with E-state index in [0.29, 0.717) is 0 Å². The van der Waals surface area contributed by atoms with Gasteiger partial charge in [0.1, 0.15) is 0 Å². The fourth-order valence-electron chi connectivity index (χ4n) is 2.76. The summed E-state index contributed by atoms with van der Waals surface area (Å²) >= 11 is 1.60. The highest BCUT2D eigenvalue weighted by molar-refractivity contribution is 7.13. The SMILES string of the molecule is CC(=O)c1sc(CCN2CCC(C)CC2)nc1C(C)(C)C. The third-order valence-electron chi connectivity index (χ3n) is 4.22. The van der Waals surface area contributed by atoms with Crippen molar-refractivity contribution >= 4 is 17.1 Å². The number of carbonyl (C=O) groups is 1. The van der Waals surface area contributed by atoms with Gasteiger partial charge in [-0.3, -0.25) is 4.79 Å². The number of rotatable bonds is 4. The van der Waals surface area contributed by atoms with Crippen molar-refractivity contribution in [2.24, 2.45) is 5.92 Å². The van der Waals surface area contributed by atoms with E-state index in [4.69, 9.17) is 4.98 Å². The summed E-state index contributed by atoms with van der Waals surface area (Å²) in [5.41, 5.74) is 0.915. The van der Waals surface area contributed by atoms with Crippen molar-refractivity contribution < 1.29 is 4.79 Å². The summed E-state index contributed by atoms with van der Waals surface area (Å²) in [7, 11) is 0. The molecule has 0 aromatic carbocycles. The largest absolute Gasteiger partial charge is 0.303 e. The standard InChI is InChI=1S/C17H28N2OS/c1-12-6-9-19(10-7-12)11-8-14-18-16(17(3,4)5)15(21-14)13(2)20/h12H,6-11H2,1-5H3. The van der Waals surface area contributed by atoms with Gasteiger partial charge in [-0.15, -0.1) is 11.3 Å². The van der Waals surface area contributed by atoms with Crippen LogP contribution in [-0.4, -0.2) is 35.3 Å². The van der Waals surface area contributed by atoms with E-state index in [-0.39, 0.29) is 11.2 Å². The third kappa shape index (κ3) is 4.36. The molecular weight excluding hydrogens is 280 g/mol. The van der Waals surface area contributed by atoms with Crippen LogP contribution in [-0.2, 0) is 11.8 Å². The molecule has 1 aliphatic rings. The van der Waals surface area contributed by atoms with Crippen molar-refractivity contribution in [3.05, 3.63) is 15.6 Å². The first-order chi connectivity index (χ1) is 9.77. The molecule has 0 saturated carbocycles. The number of thiazole rings is 1. The fourth-order valence-corrected chi connectivity index (χ4v) is 3.92. The van der Waals surface area contributed by atoms with Crippen molar-refractivity contribution in [3.8, 4) is 0 Å². The fraction of sp³-hybridized carbons (Fsp3) is 0.765. The van der Waals surface area contributed by atoms with Gasteiger partial charge in [-0.1, -0.05) is 27.7 Å². The van der Waals surface area contributed by atoms with Crippen LogP contribution in [0.1, 0.15) is 67.8 Å². The van der Waals surface area contributed by atoms with Crippen LogP contribution < -0.4 is 0 Å². The molecule has 0 radical (unpaired) electrons. The van der Waals surface area contributed by atoms with Crippen molar-refractivity contribution in [3.63, 3.8) is 0 Å². The molecule has 1 aromatic rings. The second-order valence-corrected chi connectivity index (χ2v) is 8.45. The van der Waals surface area contributed by atoms with Crippen molar-refractivity contribution in [2.75, 3.05) is 19.6 Å². The molecule has 0 N–H and O–H groups in total. The first-order valence-electron chi connectivity index (χ1n) is 8.01. The van der Waals surface area contributed by atoms with E-state index >= 15 is 0 Å². The van der Waals surface area contributed by atoms with Gasteiger partial charge in [0.15, 0.2) is 5.78 Å². The summed E-state index contributed by atoms with van der Waals surface area (Å²) in [6, 6.07) is 0. The number of likely N-dealkylation sites (tertiary alicyclic amines) is 1. The highest BCUT2D eigenvalue weighted by Crippen LogP contribution is 2.30. The van der Waals surface area contributed by atoms with Gasteiger partial charge in [0.05, 0.1) is 15.6 Å². The van der Waals surface area contributed by atoms with E-state index in [1.54, 1.807) is 18.3 Å². The normalized spacial score (nSPS) is 18.1. The van der Waals surface area contributed by atoms with Gasteiger partial charge in [0, 0.05) is 25.3 Å². The Balaban J connectivity index is 2.02. The minimum absolute atomic E-state index is 0.0592. The molecule has 0 atom stereocenters. The number of carbonyl (C=O) groups excluding carboxylic acids is 1. The van der Waals surface area contributed by atoms with E-state index in [2.05, 4.69) is 32.6 Å². The van der Waals surface area contributed by atoms with E-state index < -0.39 is 0 Å². The number of aromatic nitrogens is 1. The van der Waals surface area contributed by atoms with Gasteiger partial charge in [-0.2, -0.15) is 0 Å².